The SMILES string of the molecule is Cc1ccc2c(n1)oc1c(N3C=CN(C(C)C)C3C)c(C)ccc12.Cc1ccc2c(n1)oc1c(N3C=CN(C)C3C)c(C)ccc12.Cc1ccc2c(n1)oc1c(N3c4ccccc4N(C)C3C)c(C)ccc12.[2H]C([2H])([2H])C([2H])(C)N1c2nccnc2N(c2c(C)ccc3c2oc2ncccc23)C1C. The van der Waals surface area contributed by atoms with E-state index in [9.17, 15) is 0 Å². The third kappa shape index (κ3) is 10.6. The monoisotopic (exact) mass is 1320 g/mol. The molecule has 0 aliphatic carbocycles. The lowest BCUT2D eigenvalue weighted by Crippen LogP contribution is -2.42. The van der Waals surface area contributed by atoms with Crippen molar-refractivity contribution < 1.29 is 23.2 Å². The minimum Gasteiger partial charge on any atom is -0.435 e. The van der Waals surface area contributed by atoms with Crippen molar-refractivity contribution in [2.45, 2.75) is 141 Å². The van der Waals surface area contributed by atoms with Crippen LogP contribution >= 0.6 is 0 Å². The van der Waals surface area contributed by atoms with E-state index in [1.54, 1.807) is 12.4 Å². The summed E-state index contributed by atoms with van der Waals surface area (Å²) >= 11 is 0. The van der Waals surface area contributed by atoms with Crippen LogP contribution in [-0.4, -0.2) is 90.5 Å². The lowest BCUT2D eigenvalue weighted by Gasteiger charge is -2.33. The number of aryl methyl sites for hydroxylation is 7. The number of benzene rings is 5. The maximum Gasteiger partial charge on any atom is 0.227 e. The largest absolute Gasteiger partial charge is 0.435 e. The molecule has 18 heteroatoms. The molecule has 18 rings (SSSR count). The molecule has 502 valence electrons. The normalized spacial score (nSPS) is 18.6. The third-order valence-corrected chi connectivity index (χ3v) is 20.0. The van der Waals surface area contributed by atoms with Gasteiger partial charge in [0.25, 0.3) is 0 Å². The number of pyridine rings is 4. The van der Waals surface area contributed by atoms with Crippen molar-refractivity contribution in [3.8, 4) is 0 Å². The van der Waals surface area contributed by atoms with E-state index in [1.807, 2.05) is 82.0 Å². The van der Waals surface area contributed by atoms with Gasteiger partial charge in [-0.3, -0.25) is 4.90 Å². The predicted molar refractivity (Wildman–Crippen MR) is 404 cm³/mol. The van der Waals surface area contributed by atoms with Crippen LogP contribution in [0, 0.1) is 48.5 Å². The Hall–Kier alpha value is -11.1. The summed E-state index contributed by atoms with van der Waals surface area (Å²) in [5.74, 6) is 0.844. The molecule has 0 N–H and O–H groups in total. The van der Waals surface area contributed by atoms with Gasteiger partial charge in [-0.25, -0.2) is 29.9 Å². The molecule has 0 bridgehead atoms. The summed E-state index contributed by atoms with van der Waals surface area (Å²) in [5.41, 5.74) is 20.1. The highest BCUT2D eigenvalue weighted by atomic mass is 16.4. The summed E-state index contributed by atoms with van der Waals surface area (Å²) in [5, 5.41) is 8.39. The lowest BCUT2D eigenvalue weighted by molar-refractivity contribution is 0.263. The minimum absolute atomic E-state index is 0.208. The average molecular weight is 1320 g/mol. The second kappa shape index (κ2) is 24.7. The second-order valence-electron chi connectivity index (χ2n) is 26.8. The van der Waals surface area contributed by atoms with Gasteiger partial charge in [0.1, 0.15) is 24.7 Å². The first-order chi connectivity index (χ1) is 49.2. The highest BCUT2D eigenvalue weighted by molar-refractivity contribution is 6.13. The number of para-hydroxylation sites is 2. The molecule has 13 heterocycles. The zero-order valence-electron chi connectivity index (χ0n) is 62.9. The number of hydrogen-bond donors (Lipinski definition) is 0. The zero-order valence-corrected chi connectivity index (χ0v) is 58.9. The summed E-state index contributed by atoms with van der Waals surface area (Å²) < 4.78 is 57.4. The van der Waals surface area contributed by atoms with E-state index in [4.69, 9.17) is 23.2 Å². The van der Waals surface area contributed by atoms with E-state index in [-0.39, 0.29) is 18.5 Å². The Morgan fingerprint density at radius 2 is 0.838 bits per heavy atom. The van der Waals surface area contributed by atoms with Crippen molar-refractivity contribution in [3.63, 3.8) is 0 Å². The van der Waals surface area contributed by atoms with Gasteiger partial charge in [0, 0.05) is 134 Å². The fraction of sp³-hybridized carbons (Fsp3) is 0.284. The molecule has 5 aromatic carbocycles. The number of fused-ring (bicyclic) bond motifs is 14. The highest BCUT2D eigenvalue weighted by Gasteiger charge is 2.40. The standard InChI is InChI=1S/C22H21N3O.C21H21N5O.C20H23N3O.C18H19N3O/c1-13-9-11-16-17-12-10-14(2)23-22(17)26-21(16)20(13)25-15(3)24(4)18-7-5-6-8-19(18)25;1-12(2)25-14(4)26(20-19(25)22-10-11-23-20)17-13(3)7-8-15-16-6-5-9-24-21(16)27-18(15)17;1-12(2)22-10-11-23(15(22)5)18-13(3)6-8-16-17-9-7-14(4)21-20(17)24-19(16)18;1-11-5-7-14-15-8-6-12(2)19-18(15)22-17(14)16(11)21-10-9-20(4)13(21)3/h5-12,15H,1-4H3;5-12,14H,1-4H3;6-12,15H,1-5H3;5-10,13H,1-4H3/i;1D3,12D;;. The smallest absolute Gasteiger partial charge is 0.227 e. The van der Waals surface area contributed by atoms with Crippen LogP contribution in [0.25, 0.3) is 88.3 Å². The predicted octanol–water partition coefficient (Wildman–Crippen LogP) is 19.4. The molecule has 0 fully saturated rings. The molecule has 99 heavy (non-hydrogen) atoms. The first kappa shape index (κ1) is 59.2. The number of rotatable bonds is 6. The molecule has 9 aromatic heterocycles. The summed E-state index contributed by atoms with van der Waals surface area (Å²) in [7, 11) is 4.22. The van der Waals surface area contributed by atoms with Gasteiger partial charge in [0.2, 0.25) is 22.9 Å². The molecular weight excluding hydrogens is 1230 g/mol. The minimum atomic E-state index is -2.56. The molecule has 0 amide bonds. The van der Waals surface area contributed by atoms with Crippen LogP contribution in [0.15, 0.2) is 182 Å². The van der Waals surface area contributed by atoms with E-state index < -0.39 is 19.0 Å². The molecule has 5 unspecified atom stereocenters. The molecule has 18 nitrogen and oxygen atoms in total. The fourth-order valence-corrected chi connectivity index (χ4v) is 14.7. The Morgan fingerprint density at radius 3 is 1.32 bits per heavy atom. The molecule has 5 atom stereocenters. The van der Waals surface area contributed by atoms with Crippen LogP contribution in [0.4, 0.5) is 45.8 Å². The van der Waals surface area contributed by atoms with Gasteiger partial charge in [-0.05, 0) is 187 Å². The van der Waals surface area contributed by atoms with Crippen LogP contribution < -0.4 is 29.4 Å². The fourth-order valence-electron chi connectivity index (χ4n) is 14.7. The molecule has 4 aliphatic heterocycles. The zero-order chi connectivity index (χ0) is 72.6. The Balaban J connectivity index is 0.000000112. The molecule has 4 aliphatic rings. The first-order valence-electron chi connectivity index (χ1n) is 35.8. The van der Waals surface area contributed by atoms with Crippen LogP contribution in [0.3, 0.4) is 0 Å². The van der Waals surface area contributed by atoms with E-state index in [0.717, 1.165) is 105 Å². The van der Waals surface area contributed by atoms with Gasteiger partial charge in [0.15, 0.2) is 34.0 Å². The summed E-state index contributed by atoms with van der Waals surface area (Å²) in [6.45, 7) is 26.1. The van der Waals surface area contributed by atoms with Gasteiger partial charge in [-0.2, -0.15) is 0 Å². The number of furan rings is 4. The Kier molecular flexibility index (Phi) is 14.8. The summed E-state index contributed by atoms with van der Waals surface area (Å²) in [4.78, 5) is 44.1. The first-order valence-corrected chi connectivity index (χ1v) is 33.8. The maximum atomic E-state index is 8.73. The van der Waals surface area contributed by atoms with Crippen LogP contribution in [-0.2, 0) is 0 Å². The Bertz CT molecular complexity index is 5740. The van der Waals surface area contributed by atoms with Crippen molar-refractivity contribution in [2.24, 2.45) is 0 Å². The highest BCUT2D eigenvalue weighted by Crippen LogP contribution is 2.50. The molecule has 0 radical (unpaired) electrons. The number of hydrogen-bond acceptors (Lipinski definition) is 18. The van der Waals surface area contributed by atoms with E-state index in [0.29, 0.717) is 46.1 Å². The van der Waals surface area contributed by atoms with E-state index in [1.165, 1.54) is 46.1 Å². The topological polar surface area (TPSA) is 156 Å². The van der Waals surface area contributed by atoms with Gasteiger partial charge in [0.05, 0.1) is 35.5 Å². The molecule has 0 saturated carbocycles. The van der Waals surface area contributed by atoms with Crippen LogP contribution in [0.2, 0.25) is 0 Å². The number of aromatic nitrogens is 6. The van der Waals surface area contributed by atoms with Crippen molar-refractivity contribution in [2.75, 3.05) is 43.5 Å². The summed E-state index contributed by atoms with van der Waals surface area (Å²) in [6.07, 6.45) is 13.5. The average Bonchev–Trinajstić information content (AvgIpc) is 1.57. The maximum absolute atomic E-state index is 8.73. The second-order valence-corrected chi connectivity index (χ2v) is 26.8. The molecule has 0 spiro atoms. The lowest BCUT2D eigenvalue weighted by atomic mass is 10.1. The molecule has 0 saturated heterocycles. The third-order valence-electron chi connectivity index (χ3n) is 20.0. The Labute approximate surface area is 582 Å². The number of anilines is 8. The van der Waals surface area contributed by atoms with Crippen molar-refractivity contribution >= 4 is 134 Å². The van der Waals surface area contributed by atoms with E-state index >= 15 is 0 Å². The molecule has 14 aromatic rings. The summed E-state index contributed by atoms with van der Waals surface area (Å²) in [6, 6.07) is 40.2. The van der Waals surface area contributed by atoms with E-state index in [2.05, 4.69) is 232 Å². The van der Waals surface area contributed by atoms with Crippen LogP contribution in [0.1, 0.15) is 100 Å². The molecular formula is C81H84N14O4. The van der Waals surface area contributed by atoms with Gasteiger partial charge < -0.3 is 52.0 Å². The van der Waals surface area contributed by atoms with Gasteiger partial charge in [-0.1, -0.05) is 60.7 Å². The van der Waals surface area contributed by atoms with Crippen molar-refractivity contribution in [1.82, 2.24) is 39.7 Å². The van der Waals surface area contributed by atoms with Crippen molar-refractivity contribution in [1.29, 1.82) is 0 Å². The quantitative estimate of drug-likeness (QED) is 0.155. The Morgan fingerprint density at radius 1 is 0.404 bits per heavy atom. The van der Waals surface area contributed by atoms with Gasteiger partial charge in [-0.15, -0.1) is 0 Å². The van der Waals surface area contributed by atoms with Gasteiger partial charge >= 0.3 is 0 Å². The van der Waals surface area contributed by atoms with Crippen LogP contribution in [0.5, 0.6) is 0 Å². The number of nitrogens with zero attached hydrogens (tertiary/aromatic N) is 14. The van der Waals surface area contributed by atoms with Crippen molar-refractivity contribution in [3.05, 3.63) is 204 Å².